The Morgan fingerprint density at radius 3 is 2.60 bits per heavy atom. The smallest absolute Gasteiger partial charge is 0.548 e. The normalized spacial score (nSPS) is 11.1. The van der Waals surface area contributed by atoms with E-state index in [2.05, 4.69) is 15.6 Å². The molecule has 0 spiro atoms. The molecule has 0 fully saturated rings. The van der Waals surface area contributed by atoms with Gasteiger partial charge >= 0.3 is 25.0 Å². The zero-order chi connectivity index (χ0) is 24.5. The number of carbonyl (C=O) groups is 3. The Bertz CT molecular complexity index is 1160. The number of nitrogens with zero attached hydrogens (tertiary/aromatic N) is 1. The summed E-state index contributed by atoms with van der Waals surface area (Å²) in [5, 5.41) is 18.5. The number of carboxylic acids is 1. The van der Waals surface area contributed by atoms with Crippen molar-refractivity contribution in [3.05, 3.63) is 70.2 Å². The number of thiazole rings is 1. The van der Waals surface area contributed by atoms with E-state index in [1.807, 2.05) is 37.4 Å². The minimum Gasteiger partial charge on any atom is -0.548 e. The van der Waals surface area contributed by atoms with Crippen LogP contribution in [0.25, 0.3) is 11.1 Å². The number of aliphatic carboxylic acids is 1. The molecule has 1 aromatic heterocycles. The Morgan fingerprint density at radius 2 is 1.94 bits per heavy atom. The largest absolute Gasteiger partial charge is 1.00 e. The Hall–Kier alpha value is -2.77. The molecule has 0 aliphatic heterocycles. The fraction of sp³-hybridized carbons (Fsp3) is 0.250. The fourth-order valence-corrected chi connectivity index (χ4v) is 4.26. The van der Waals surface area contributed by atoms with Crippen LogP contribution in [0, 0.1) is 6.92 Å². The Balaban J connectivity index is 0.00000432. The number of carboxylic acid groups (broad SMARTS) is 1. The topological polar surface area (TPSA) is 120 Å². The van der Waals surface area contributed by atoms with Gasteiger partial charge in [-0.05, 0) is 60.2 Å². The van der Waals surface area contributed by atoms with Crippen molar-refractivity contribution < 1.29 is 43.1 Å². The number of carbonyl (C=O) groups excluding carboxylic acids is 3. The van der Waals surface area contributed by atoms with E-state index in [1.54, 1.807) is 29.1 Å². The summed E-state index contributed by atoms with van der Waals surface area (Å²) in [5.74, 6) is -1.30. The van der Waals surface area contributed by atoms with Crippen LogP contribution in [-0.4, -0.2) is 41.0 Å². The Kier molecular flexibility index (Phi) is 11.3. The Labute approximate surface area is 224 Å². The number of rotatable bonds is 10. The quantitative estimate of drug-likeness (QED) is 0.385. The molecular formula is C24H24LiN3O5S2. The summed E-state index contributed by atoms with van der Waals surface area (Å²) in [7, 11) is 0. The van der Waals surface area contributed by atoms with Crippen molar-refractivity contribution in [2.75, 3.05) is 17.3 Å². The molecule has 2 aromatic carbocycles. The fourth-order valence-electron chi connectivity index (χ4n) is 3.24. The second-order valence-electron chi connectivity index (χ2n) is 7.38. The summed E-state index contributed by atoms with van der Waals surface area (Å²) in [6.45, 7) is 1.95. The molecule has 3 rings (SSSR count). The van der Waals surface area contributed by atoms with Crippen LogP contribution >= 0.6 is 23.1 Å². The number of hydrogen-bond donors (Lipinski definition) is 2. The first-order chi connectivity index (χ1) is 16.4. The van der Waals surface area contributed by atoms with Gasteiger partial charge < -0.3 is 20.0 Å². The SMILES string of the molecule is CSCC[C@H](NC(=O)c1ccc(NC(=O)OCc2cscn2)cc1-c1ccccc1C)C(=O)[O-].[Li+]. The number of ether oxygens (including phenoxy) is 1. The number of aromatic nitrogens is 1. The van der Waals surface area contributed by atoms with Gasteiger partial charge in [-0.1, -0.05) is 24.3 Å². The van der Waals surface area contributed by atoms with Crippen molar-refractivity contribution in [2.45, 2.75) is 26.0 Å². The second kappa shape index (κ2) is 13.9. The summed E-state index contributed by atoms with van der Waals surface area (Å²) in [6.07, 6.45) is 1.45. The number of benzene rings is 2. The molecule has 0 radical (unpaired) electrons. The van der Waals surface area contributed by atoms with Crippen LogP contribution in [0.4, 0.5) is 10.5 Å². The van der Waals surface area contributed by atoms with Crippen molar-refractivity contribution in [1.82, 2.24) is 10.3 Å². The molecule has 2 N–H and O–H groups in total. The molecule has 0 saturated carbocycles. The van der Waals surface area contributed by atoms with Crippen molar-refractivity contribution >= 4 is 46.8 Å². The summed E-state index contributed by atoms with van der Waals surface area (Å²) >= 11 is 2.89. The maximum atomic E-state index is 13.1. The Morgan fingerprint density at radius 1 is 1.17 bits per heavy atom. The summed E-state index contributed by atoms with van der Waals surface area (Å²) in [6, 6.07) is 11.2. The monoisotopic (exact) mass is 505 g/mol. The zero-order valence-electron chi connectivity index (χ0n) is 19.7. The van der Waals surface area contributed by atoms with Gasteiger partial charge in [0.25, 0.3) is 5.91 Å². The molecule has 1 atom stereocenters. The molecule has 2 amide bonds. The molecule has 0 aliphatic rings. The number of nitrogens with one attached hydrogen (secondary N) is 2. The molecule has 1 heterocycles. The van der Waals surface area contributed by atoms with E-state index in [-0.39, 0.29) is 37.5 Å². The summed E-state index contributed by atoms with van der Waals surface area (Å²) in [4.78, 5) is 40.9. The van der Waals surface area contributed by atoms with Gasteiger partial charge in [0, 0.05) is 16.6 Å². The van der Waals surface area contributed by atoms with Crippen LogP contribution in [0.15, 0.2) is 53.4 Å². The van der Waals surface area contributed by atoms with Gasteiger partial charge in [0.15, 0.2) is 0 Å². The van der Waals surface area contributed by atoms with Crippen LogP contribution in [-0.2, 0) is 16.1 Å². The van der Waals surface area contributed by atoms with Crippen LogP contribution < -0.4 is 34.6 Å². The summed E-state index contributed by atoms with van der Waals surface area (Å²) < 4.78 is 5.19. The third kappa shape index (κ3) is 8.15. The van der Waals surface area contributed by atoms with Crippen LogP contribution in [0.5, 0.6) is 0 Å². The number of hydrogen-bond acceptors (Lipinski definition) is 8. The minimum atomic E-state index is -1.33. The van der Waals surface area contributed by atoms with E-state index < -0.39 is 24.0 Å². The van der Waals surface area contributed by atoms with E-state index in [9.17, 15) is 19.5 Å². The average Bonchev–Trinajstić information content (AvgIpc) is 3.34. The van der Waals surface area contributed by atoms with Gasteiger partial charge in [0.1, 0.15) is 6.61 Å². The predicted octanol–water partition coefficient (Wildman–Crippen LogP) is 0.473. The van der Waals surface area contributed by atoms with E-state index in [0.717, 1.165) is 11.1 Å². The van der Waals surface area contributed by atoms with Crippen LogP contribution in [0.2, 0.25) is 0 Å². The number of thioether (sulfide) groups is 1. The van der Waals surface area contributed by atoms with Gasteiger partial charge in [0.05, 0.1) is 23.2 Å². The van der Waals surface area contributed by atoms with E-state index in [0.29, 0.717) is 22.7 Å². The van der Waals surface area contributed by atoms with Crippen LogP contribution in [0.1, 0.15) is 28.0 Å². The number of amides is 2. The number of aryl methyl sites for hydroxylation is 1. The van der Waals surface area contributed by atoms with Gasteiger partial charge in [-0.15, -0.1) is 11.3 Å². The standard InChI is InChI=1S/C24H25N3O5S2.Li/c1-15-5-3-4-6-18(15)20-11-16(26-24(31)32-12-17-13-34-14-25-17)7-8-19(20)22(28)27-21(23(29)30)9-10-33-2;/h3-8,11,13-14,21H,9-10,12H2,1-2H3,(H,26,31)(H,27,28)(H,29,30);/q;+1/p-1/t21-;/m0./s1. The molecule has 0 bridgehead atoms. The van der Waals surface area contributed by atoms with Crippen LogP contribution in [0.3, 0.4) is 0 Å². The van der Waals surface area contributed by atoms with Crippen molar-refractivity contribution in [3.63, 3.8) is 0 Å². The maximum absolute atomic E-state index is 13.1. The number of anilines is 1. The van der Waals surface area contributed by atoms with E-state index >= 15 is 0 Å². The maximum Gasteiger partial charge on any atom is 1.00 e. The molecule has 11 heteroatoms. The first-order valence-electron chi connectivity index (χ1n) is 10.4. The molecule has 0 unspecified atom stereocenters. The molecular weight excluding hydrogens is 481 g/mol. The average molecular weight is 506 g/mol. The van der Waals surface area contributed by atoms with Crippen molar-refractivity contribution in [3.8, 4) is 11.1 Å². The zero-order valence-corrected chi connectivity index (χ0v) is 21.3. The predicted molar refractivity (Wildman–Crippen MR) is 132 cm³/mol. The van der Waals surface area contributed by atoms with Crippen molar-refractivity contribution in [1.29, 1.82) is 0 Å². The van der Waals surface area contributed by atoms with Gasteiger partial charge in [0.2, 0.25) is 0 Å². The van der Waals surface area contributed by atoms with E-state index in [1.165, 1.54) is 23.1 Å². The van der Waals surface area contributed by atoms with Gasteiger partial charge in [-0.3, -0.25) is 10.1 Å². The minimum absolute atomic E-state index is 0. The first-order valence-corrected chi connectivity index (χ1v) is 12.7. The molecule has 35 heavy (non-hydrogen) atoms. The third-order valence-electron chi connectivity index (χ3n) is 4.98. The molecule has 3 aromatic rings. The van der Waals surface area contributed by atoms with Gasteiger partial charge in [-0.2, -0.15) is 11.8 Å². The molecule has 0 saturated heterocycles. The first kappa shape index (κ1) is 28.5. The molecule has 8 nitrogen and oxygen atoms in total. The molecule has 178 valence electrons. The van der Waals surface area contributed by atoms with E-state index in [4.69, 9.17) is 4.74 Å². The summed E-state index contributed by atoms with van der Waals surface area (Å²) in [5.41, 5.74) is 5.26. The van der Waals surface area contributed by atoms with Gasteiger partial charge in [-0.25, -0.2) is 9.78 Å². The molecule has 0 aliphatic carbocycles. The van der Waals surface area contributed by atoms with Crippen molar-refractivity contribution in [2.24, 2.45) is 0 Å². The third-order valence-corrected chi connectivity index (χ3v) is 6.26. The second-order valence-corrected chi connectivity index (χ2v) is 9.09.